The summed E-state index contributed by atoms with van der Waals surface area (Å²) in [6, 6.07) is 0.954. The van der Waals surface area contributed by atoms with E-state index in [4.69, 9.17) is 17.3 Å². The van der Waals surface area contributed by atoms with Crippen molar-refractivity contribution < 1.29 is 13.2 Å². The van der Waals surface area contributed by atoms with Crippen molar-refractivity contribution in [2.24, 2.45) is 0 Å². The Morgan fingerprint density at radius 3 is 2.38 bits per heavy atom. The summed E-state index contributed by atoms with van der Waals surface area (Å²) in [7, 11) is 0. The average Bonchev–Trinajstić information content (AvgIpc) is 1.78. The van der Waals surface area contributed by atoms with E-state index < -0.39 is 21.4 Å². The van der Waals surface area contributed by atoms with Crippen molar-refractivity contribution in [3.8, 4) is 0 Å². The molecule has 0 aromatic carbocycles. The number of nitrogens with two attached hydrogens (primary N) is 1. The molecule has 0 atom stereocenters. The Bertz CT molecular complexity index is 316. The zero-order valence-electron chi connectivity index (χ0n) is 5.99. The molecule has 13 heavy (non-hydrogen) atoms. The summed E-state index contributed by atoms with van der Waals surface area (Å²) < 4.78 is 36.3. The van der Waals surface area contributed by atoms with Crippen molar-refractivity contribution in [1.82, 2.24) is 4.98 Å². The lowest BCUT2D eigenvalue weighted by Crippen LogP contribution is -2.09. The zero-order valence-corrected chi connectivity index (χ0v) is 8.33. The highest BCUT2D eigenvalue weighted by Crippen LogP contribution is 2.39. The summed E-state index contributed by atoms with van der Waals surface area (Å²) in [5.74, 6) is -0.0649. The van der Waals surface area contributed by atoms with E-state index >= 15 is 0 Å². The molecule has 0 radical (unpaired) electrons. The molecule has 0 aliphatic heterocycles. The SMILES string of the molecule is Nc1cc(Cl)c(C(F)(F)F)c(Br)n1. The first-order valence-corrected chi connectivity index (χ1v) is 4.18. The molecule has 0 aliphatic carbocycles. The first-order chi connectivity index (χ1) is 5.82. The zero-order chi connectivity index (χ0) is 10.2. The van der Waals surface area contributed by atoms with Crippen LogP contribution < -0.4 is 5.73 Å². The average molecular weight is 275 g/mol. The van der Waals surface area contributed by atoms with Crippen LogP contribution in [0.2, 0.25) is 5.02 Å². The molecule has 1 heterocycles. The van der Waals surface area contributed by atoms with Gasteiger partial charge >= 0.3 is 6.18 Å². The van der Waals surface area contributed by atoms with Gasteiger partial charge in [0.25, 0.3) is 0 Å². The second-order valence-corrected chi connectivity index (χ2v) is 3.35. The Morgan fingerprint density at radius 2 is 2.00 bits per heavy atom. The summed E-state index contributed by atoms with van der Waals surface area (Å²) in [6.07, 6.45) is -4.53. The molecule has 0 fully saturated rings. The normalized spacial score (nSPS) is 11.8. The number of anilines is 1. The number of halogens is 5. The van der Waals surface area contributed by atoms with E-state index in [0.29, 0.717) is 0 Å². The van der Waals surface area contributed by atoms with Crippen molar-refractivity contribution in [3.05, 3.63) is 21.3 Å². The molecule has 0 saturated heterocycles. The van der Waals surface area contributed by atoms with Crippen LogP contribution in [0, 0.1) is 0 Å². The van der Waals surface area contributed by atoms with E-state index in [0.717, 1.165) is 6.07 Å². The molecule has 0 saturated carbocycles. The van der Waals surface area contributed by atoms with Crippen LogP contribution in [0.5, 0.6) is 0 Å². The van der Waals surface area contributed by atoms with Crippen LogP contribution in [0.15, 0.2) is 10.7 Å². The second kappa shape index (κ2) is 3.34. The Balaban J connectivity index is 3.38. The van der Waals surface area contributed by atoms with Crippen molar-refractivity contribution in [3.63, 3.8) is 0 Å². The maximum Gasteiger partial charge on any atom is 0.420 e. The van der Waals surface area contributed by atoms with Gasteiger partial charge < -0.3 is 5.73 Å². The molecule has 1 aromatic heterocycles. The summed E-state index contributed by atoms with van der Waals surface area (Å²) >= 11 is 7.99. The van der Waals surface area contributed by atoms with E-state index in [1.165, 1.54) is 0 Å². The van der Waals surface area contributed by atoms with Crippen molar-refractivity contribution >= 4 is 33.3 Å². The molecule has 72 valence electrons. The lowest BCUT2D eigenvalue weighted by atomic mass is 10.3. The minimum Gasteiger partial charge on any atom is -0.384 e. The topological polar surface area (TPSA) is 38.9 Å². The van der Waals surface area contributed by atoms with Gasteiger partial charge in [-0.25, -0.2) is 4.98 Å². The minimum atomic E-state index is -4.53. The number of alkyl halides is 3. The molecule has 1 aromatic rings. The van der Waals surface area contributed by atoms with Gasteiger partial charge in [-0.05, 0) is 22.0 Å². The van der Waals surface area contributed by atoms with E-state index in [9.17, 15) is 13.2 Å². The standard InChI is InChI=1S/C6H3BrClF3N2/c7-5-4(6(9,10)11)2(8)1-3(12)13-5/h1H,(H2,12,13). The van der Waals surface area contributed by atoms with Crippen LogP contribution in [-0.2, 0) is 6.18 Å². The van der Waals surface area contributed by atoms with Crippen molar-refractivity contribution in [1.29, 1.82) is 0 Å². The van der Waals surface area contributed by atoms with Gasteiger partial charge in [-0.15, -0.1) is 0 Å². The fraction of sp³-hybridized carbons (Fsp3) is 0.167. The van der Waals surface area contributed by atoms with E-state index in [2.05, 4.69) is 20.9 Å². The van der Waals surface area contributed by atoms with E-state index in [-0.39, 0.29) is 5.82 Å². The summed E-state index contributed by atoms with van der Waals surface area (Å²) in [6.45, 7) is 0. The molecular weight excluding hydrogens is 272 g/mol. The van der Waals surface area contributed by atoms with E-state index in [1.807, 2.05) is 0 Å². The molecule has 0 amide bonds. The Labute approximate surface area is 85.0 Å². The van der Waals surface area contributed by atoms with Gasteiger partial charge in [-0.2, -0.15) is 13.2 Å². The maximum atomic E-state index is 12.2. The first-order valence-electron chi connectivity index (χ1n) is 3.01. The third-order valence-electron chi connectivity index (χ3n) is 1.23. The number of hydrogen-bond acceptors (Lipinski definition) is 2. The fourth-order valence-electron chi connectivity index (χ4n) is 0.754. The molecule has 0 unspecified atom stereocenters. The third kappa shape index (κ3) is 2.25. The summed E-state index contributed by atoms with van der Waals surface area (Å²) in [5.41, 5.74) is 4.17. The molecule has 1 rings (SSSR count). The van der Waals surface area contributed by atoms with Gasteiger partial charge in [0, 0.05) is 0 Å². The molecule has 2 N–H and O–H groups in total. The second-order valence-electron chi connectivity index (χ2n) is 2.19. The predicted molar refractivity (Wildman–Crippen MR) is 46.4 cm³/mol. The van der Waals surface area contributed by atoms with Gasteiger partial charge in [0.15, 0.2) is 0 Å². The Morgan fingerprint density at radius 1 is 1.46 bits per heavy atom. The van der Waals surface area contributed by atoms with Crippen molar-refractivity contribution in [2.45, 2.75) is 6.18 Å². The third-order valence-corrected chi connectivity index (χ3v) is 2.10. The highest BCUT2D eigenvalue weighted by Gasteiger charge is 2.36. The first kappa shape index (κ1) is 10.6. The maximum absolute atomic E-state index is 12.2. The molecule has 2 nitrogen and oxygen atoms in total. The van der Waals surface area contributed by atoms with Crippen LogP contribution in [0.3, 0.4) is 0 Å². The number of aromatic nitrogens is 1. The molecule has 0 aliphatic rings. The Hall–Kier alpha value is -0.490. The highest BCUT2D eigenvalue weighted by molar-refractivity contribution is 9.10. The van der Waals surface area contributed by atoms with Crippen LogP contribution in [0.1, 0.15) is 5.56 Å². The van der Waals surface area contributed by atoms with Crippen LogP contribution in [0.25, 0.3) is 0 Å². The van der Waals surface area contributed by atoms with Gasteiger partial charge in [0.05, 0.1) is 5.02 Å². The van der Waals surface area contributed by atoms with Gasteiger partial charge in [0.1, 0.15) is 16.0 Å². The van der Waals surface area contributed by atoms with E-state index in [1.54, 1.807) is 0 Å². The van der Waals surface area contributed by atoms with Gasteiger partial charge in [-0.1, -0.05) is 11.6 Å². The number of nitrogens with zero attached hydrogens (tertiary/aromatic N) is 1. The molecule has 7 heteroatoms. The monoisotopic (exact) mass is 274 g/mol. The van der Waals surface area contributed by atoms with Crippen LogP contribution in [-0.4, -0.2) is 4.98 Å². The van der Waals surface area contributed by atoms with Crippen LogP contribution in [0.4, 0.5) is 19.0 Å². The lowest BCUT2D eigenvalue weighted by molar-refractivity contribution is -0.138. The summed E-state index contributed by atoms with van der Waals surface area (Å²) in [5, 5.41) is -0.466. The number of nitrogen functional groups attached to an aromatic ring is 1. The largest absolute Gasteiger partial charge is 0.420 e. The lowest BCUT2D eigenvalue weighted by Gasteiger charge is -2.10. The van der Waals surface area contributed by atoms with Crippen LogP contribution >= 0.6 is 27.5 Å². The van der Waals surface area contributed by atoms with Gasteiger partial charge in [-0.3, -0.25) is 0 Å². The predicted octanol–water partition coefficient (Wildman–Crippen LogP) is 3.10. The number of rotatable bonds is 0. The molecular formula is C6H3BrClF3N2. The van der Waals surface area contributed by atoms with Crippen molar-refractivity contribution in [2.75, 3.05) is 5.73 Å². The van der Waals surface area contributed by atoms with Gasteiger partial charge in [0.2, 0.25) is 0 Å². The molecule has 0 bridgehead atoms. The summed E-state index contributed by atoms with van der Waals surface area (Å²) in [4.78, 5) is 3.39. The smallest absolute Gasteiger partial charge is 0.384 e. The fourth-order valence-corrected chi connectivity index (χ4v) is 1.82. The number of pyridine rings is 1. The number of hydrogen-bond donors (Lipinski definition) is 1. The highest BCUT2D eigenvalue weighted by atomic mass is 79.9. The molecule has 0 spiro atoms. The minimum absolute atomic E-state index is 0.0649. The quantitative estimate of drug-likeness (QED) is 0.739. The Kier molecular flexibility index (Phi) is 2.72.